The Hall–Kier alpha value is -1.93. The average molecular weight is 334 g/mol. The molecule has 1 saturated heterocycles. The fourth-order valence-corrected chi connectivity index (χ4v) is 4.97. The van der Waals surface area contributed by atoms with E-state index in [2.05, 4.69) is 15.5 Å². The molecule has 1 N–H and O–H groups in total. The zero-order valence-corrected chi connectivity index (χ0v) is 13.6. The molecule has 0 aliphatic carbocycles. The van der Waals surface area contributed by atoms with Gasteiger partial charge in [-0.15, -0.1) is 0 Å². The fraction of sp³-hybridized carbons (Fsp3) is 0.467. The first kappa shape index (κ1) is 14.6. The molecule has 23 heavy (non-hydrogen) atoms. The highest BCUT2D eigenvalue weighted by atomic mass is 32.2. The van der Waals surface area contributed by atoms with Crippen molar-refractivity contribution in [3.63, 3.8) is 0 Å². The highest BCUT2D eigenvalue weighted by Crippen LogP contribution is 2.37. The van der Waals surface area contributed by atoms with Crippen molar-refractivity contribution in [2.45, 2.75) is 37.1 Å². The second-order valence-corrected chi connectivity index (χ2v) is 7.84. The van der Waals surface area contributed by atoms with Crippen molar-refractivity contribution < 1.29 is 12.9 Å². The van der Waals surface area contributed by atoms with Crippen molar-refractivity contribution in [2.24, 2.45) is 0 Å². The summed E-state index contributed by atoms with van der Waals surface area (Å²) in [6.07, 6.45) is 2.42. The van der Waals surface area contributed by atoms with Crippen molar-refractivity contribution in [3.8, 4) is 0 Å². The summed E-state index contributed by atoms with van der Waals surface area (Å²) in [7, 11) is -3.58. The summed E-state index contributed by atoms with van der Waals surface area (Å²) >= 11 is 0. The minimum atomic E-state index is -3.58. The molecule has 122 valence electrons. The number of aromatic nitrogens is 2. The van der Waals surface area contributed by atoms with Gasteiger partial charge in [0.2, 0.25) is 15.9 Å². The molecule has 1 fully saturated rings. The molecule has 0 amide bonds. The van der Waals surface area contributed by atoms with Gasteiger partial charge in [0.05, 0.1) is 4.90 Å². The van der Waals surface area contributed by atoms with E-state index >= 15 is 0 Å². The first-order valence-corrected chi connectivity index (χ1v) is 9.18. The van der Waals surface area contributed by atoms with E-state index in [0.29, 0.717) is 29.6 Å². The predicted octanol–water partition coefficient (Wildman–Crippen LogP) is 1.87. The number of fused-ring (bicyclic) bond motifs is 1. The van der Waals surface area contributed by atoms with Crippen LogP contribution in [0.4, 0.5) is 5.69 Å². The molecule has 1 aromatic heterocycles. The van der Waals surface area contributed by atoms with E-state index in [1.807, 2.05) is 6.07 Å². The van der Waals surface area contributed by atoms with Crippen molar-refractivity contribution in [2.75, 3.05) is 18.4 Å². The predicted molar refractivity (Wildman–Crippen MR) is 83.5 cm³/mol. The molecule has 1 unspecified atom stereocenters. The first-order chi connectivity index (χ1) is 11.1. The lowest BCUT2D eigenvalue weighted by Gasteiger charge is -2.21. The van der Waals surface area contributed by atoms with Crippen LogP contribution < -0.4 is 5.32 Å². The molecule has 0 saturated carbocycles. The lowest BCUT2D eigenvalue weighted by atomic mass is 10.2. The molecular formula is C15H18N4O3S. The van der Waals surface area contributed by atoms with E-state index in [1.54, 1.807) is 19.1 Å². The van der Waals surface area contributed by atoms with Gasteiger partial charge in [0.1, 0.15) is 6.04 Å². The summed E-state index contributed by atoms with van der Waals surface area (Å²) < 4.78 is 32.8. The number of aryl methyl sites for hydroxylation is 1. The summed E-state index contributed by atoms with van der Waals surface area (Å²) in [4.78, 5) is 4.53. The van der Waals surface area contributed by atoms with Crippen molar-refractivity contribution >= 4 is 15.7 Å². The Morgan fingerprint density at radius 3 is 3.04 bits per heavy atom. The number of nitrogens with one attached hydrogen (secondary N) is 1. The molecule has 1 aromatic carbocycles. The molecule has 1 atom stereocenters. The Bertz CT molecular complexity index is 846. The topological polar surface area (TPSA) is 88.3 Å². The normalized spacial score (nSPS) is 21.3. The quantitative estimate of drug-likeness (QED) is 0.922. The van der Waals surface area contributed by atoms with Gasteiger partial charge in [-0.05, 0) is 43.9 Å². The van der Waals surface area contributed by atoms with Gasteiger partial charge in [-0.2, -0.15) is 9.29 Å². The van der Waals surface area contributed by atoms with Crippen molar-refractivity contribution in [1.29, 1.82) is 0 Å². The lowest BCUT2D eigenvalue weighted by molar-refractivity contribution is 0.289. The molecule has 4 rings (SSSR count). The third kappa shape index (κ3) is 2.42. The van der Waals surface area contributed by atoms with Crippen LogP contribution in [0.15, 0.2) is 27.6 Å². The average Bonchev–Trinajstić information content (AvgIpc) is 3.26. The van der Waals surface area contributed by atoms with Gasteiger partial charge in [0.15, 0.2) is 5.82 Å². The maximum atomic E-state index is 13.0. The SMILES string of the molecule is Cc1noc(C2CCCN2S(=O)(=O)c2ccc3c(c2)NCC3)n1. The van der Waals surface area contributed by atoms with E-state index < -0.39 is 10.0 Å². The summed E-state index contributed by atoms with van der Waals surface area (Å²) in [5.74, 6) is 0.897. The molecule has 8 heteroatoms. The second kappa shape index (κ2) is 5.31. The molecule has 0 spiro atoms. The zero-order valence-electron chi connectivity index (χ0n) is 12.8. The van der Waals surface area contributed by atoms with E-state index in [4.69, 9.17) is 4.52 Å². The monoisotopic (exact) mass is 334 g/mol. The fourth-order valence-electron chi connectivity index (χ4n) is 3.29. The van der Waals surface area contributed by atoms with Crippen molar-refractivity contribution in [1.82, 2.24) is 14.4 Å². The highest BCUT2D eigenvalue weighted by Gasteiger charge is 2.39. The largest absolute Gasteiger partial charge is 0.384 e. The van der Waals surface area contributed by atoms with Crippen LogP contribution in [0.5, 0.6) is 0 Å². The molecule has 2 aromatic rings. The smallest absolute Gasteiger partial charge is 0.245 e. The van der Waals surface area contributed by atoms with Crippen LogP contribution in [0, 0.1) is 6.92 Å². The van der Waals surface area contributed by atoms with E-state index in [9.17, 15) is 8.42 Å². The zero-order chi connectivity index (χ0) is 16.0. The Labute approximate surface area is 134 Å². The number of rotatable bonds is 3. The first-order valence-electron chi connectivity index (χ1n) is 7.74. The van der Waals surface area contributed by atoms with Gasteiger partial charge in [-0.1, -0.05) is 11.2 Å². The Kier molecular flexibility index (Phi) is 3.38. The molecule has 2 aliphatic rings. The number of nitrogens with zero attached hydrogens (tertiary/aromatic N) is 3. The Morgan fingerprint density at radius 1 is 1.39 bits per heavy atom. The van der Waals surface area contributed by atoms with E-state index in [0.717, 1.165) is 30.6 Å². The molecule has 7 nitrogen and oxygen atoms in total. The number of sulfonamides is 1. The summed E-state index contributed by atoms with van der Waals surface area (Å²) in [5.41, 5.74) is 2.07. The summed E-state index contributed by atoms with van der Waals surface area (Å²) in [6, 6.07) is 4.94. The van der Waals surface area contributed by atoms with E-state index in [1.165, 1.54) is 4.31 Å². The van der Waals surface area contributed by atoms with E-state index in [-0.39, 0.29) is 6.04 Å². The van der Waals surface area contributed by atoms with Gasteiger partial charge in [0.25, 0.3) is 0 Å². The summed E-state index contributed by atoms with van der Waals surface area (Å²) in [5, 5.41) is 7.01. The van der Waals surface area contributed by atoms with Crippen LogP contribution >= 0.6 is 0 Å². The minimum Gasteiger partial charge on any atom is -0.384 e. The van der Waals surface area contributed by atoms with Crippen LogP contribution in [-0.2, 0) is 16.4 Å². The van der Waals surface area contributed by atoms with Gasteiger partial charge in [0, 0.05) is 18.8 Å². The summed E-state index contributed by atoms with van der Waals surface area (Å²) in [6.45, 7) is 3.05. The van der Waals surface area contributed by atoms with Gasteiger partial charge >= 0.3 is 0 Å². The van der Waals surface area contributed by atoms with Crippen LogP contribution in [0.2, 0.25) is 0 Å². The second-order valence-electron chi connectivity index (χ2n) is 5.95. The van der Waals surface area contributed by atoms with Crippen LogP contribution in [0.3, 0.4) is 0 Å². The van der Waals surface area contributed by atoms with Crippen LogP contribution in [-0.4, -0.2) is 36.0 Å². The van der Waals surface area contributed by atoms with Crippen LogP contribution in [0.1, 0.15) is 36.2 Å². The Morgan fingerprint density at radius 2 is 2.26 bits per heavy atom. The van der Waals surface area contributed by atoms with Crippen LogP contribution in [0.25, 0.3) is 0 Å². The number of anilines is 1. The van der Waals surface area contributed by atoms with Gasteiger partial charge < -0.3 is 9.84 Å². The molecule has 0 radical (unpaired) electrons. The highest BCUT2D eigenvalue weighted by molar-refractivity contribution is 7.89. The minimum absolute atomic E-state index is 0.314. The number of hydrogen-bond donors (Lipinski definition) is 1. The maximum Gasteiger partial charge on any atom is 0.245 e. The van der Waals surface area contributed by atoms with Gasteiger partial charge in [-0.25, -0.2) is 8.42 Å². The number of hydrogen-bond acceptors (Lipinski definition) is 6. The maximum absolute atomic E-state index is 13.0. The third-order valence-corrected chi connectivity index (χ3v) is 6.33. The standard InChI is InChI=1S/C15H18N4O3S/c1-10-17-15(22-18-10)14-3-2-8-19(14)23(20,21)12-5-4-11-6-7-16-13(11)9-12/h4-5,9,14,16H,2-3,6-8H2,1H3. The Balaban J connectivity index is 1.70. The lowest BCUT2D eigenvalue weighted by Crippen LogP contribution is -2.31. The molecule has 3 heterocycles. The number of benzene rings is 1. The third-order valence-electron chi connectivity index (χ3n) is 4.43. The molecule has 0 bridgehead atoms. The molecular weight excluding hydrogens is 316 g/mol. The van der Waals surface area contributed by atoms with Gasteiger partial charge in [-0.3, -0.25) is 0 Å². The molecule has 2 aliphatic heterocycles. The van der Waals surface area contributed by atoms with Crippen molar-refractivity contribution in [3.05, 3.63) is 35.5 Å².